The van der Waals surface area contributed by atoms with Gasteiger partial charge in [0.25, 0.3) is 0 Å². The largest absolute Gasteiger partial charge is 0.455 e. The second-order valence-corrected chi connectivity index (χ2v) is 13.1. The van der Waals surface area contributed by atoms with Crippen molar-refractivity contribution in [3.05, 3.63) is 170 Å². The number of nitrogens with zero attached hydrogens (tertiary/aromatic N) is 4. The number of para-hydroxylation sites is 3. The smallest absolute Gasteiger partial charge is 0.238 e. The first-order valence-electron chi connectivity index (χ1n) is 17.5. The van der Waals surface area contributed by atoms with E-state index in [1.807, 2.05) is 48.5 Å². The zero-order valence-electron chi connectivity index (χ0n) is 27.9. The molecule has 0 aliphatic carbocycles. The summed E-state index contributed by atoms with van der Waals surface area (Å²) in [5.74, 6) is 1.78. The SMILES string of the molecule is c1ccc(-c2nc(-c3ccccc3)nc(-n3c4c(-c5cccc6c5oc5ccccc56)cccc4c4c5ccccc5c5ccccc5c43)n2)cc1. The first-order valence-corrected chi connectivity index (χ1v) is 17.5. The lowest BCUT2D eigenvalue weighted by atomic mass is 9.95. The minimum atomic E-state index is 0.553. The van der Waals surface area contributed by atoms with Crippen LogP contribution in [0.5, 0.6) is 0 Å². The van der Waals surface area contributed by atoms with Gasteiger partial charge in [-0.25, -0.2) is 4.98 Å². The first-order chi connectivity index (χ1) is 25.8. The molecule has 0 N–H and O–H groups in total. The van der Waals surface area contributed by atoms with Crippen molar-refractivity contribution in [2.75, 3.05) is 0 Å². The van der Waals surface area contributed by atoms with Crippen molar-refractivity contribution in [2.45, 2.75) is 0 Å². The zero-order valence-corrected chi connectivity index (χ0v) is 27.9. The second-order valence-electron chi connectivity index (χ2n) is 13.1. The number of fused-ring (bicyclic) bond motifs is 11. The third-order valence-corrected chi connectivity index (χ3v) is 10.2. The van der Waals surface area contributed by atoms with Crippen LogP contribution in [0, 0.1) is 0 Å². The molecule has 0 radical (unpaired) electrons. The molecule has 11 aromatic rings. The number of benzene rings is 8. The van der Waals surface area contributed by atoms with Crippen molar-refractivity contribution in [1.29, 1.82) is 0 Å². The highest BCUT2D eigenvalue weighted by Gasteiger charge is 2.25. The van der Waals surface area contributed by atoms with Crippen LogP contribution >= 0.6 is 0 Å². The van der Waals surface area contributed by atoms with Crippen molar-refractivity contribution >= 4 is 65.3 Å². The van der Waals surface area contributed by atoms with E-state index in [2.05, 4.69) is 126 Å². The third kappa shape index (κ3) is 4.20. The minimum absolute atomic E-state index is 0.553. The van der Waals surface area contributed by atoms with E-state index in [9.17, 15) is 0 Å². The Morgan fingerprint density at radius 3 is 1.58 bits per heavy atom. The van der Waals surface area contributed by atoms with E-state index in [0.717, 1.165) is 71.4 Å². The predicted octanol–water partition coefficient (Wildman–Crippen LogP) is 12.2. The summed E-state index contributed by atoms with van der Waals surface area (Å²) in [6, 6.07) is 59.0. The summed E-state index contributed by atoms with van der Waals surface area (Å²) >= 11 is 0. The monoisotopic (exact) mass is 664 g/mol. The maximum Gasteiger partial charge on any atom is 0.238 e. The molecule has 8 aromatic carbocycles. The molecular formula is C47H28N4O. The number of hydrogen-bond acceptors (Lipinski definition) is 4. The standard InChI is InChI=1S/C47H28N4O/c1-3-15-29(16-4-1)45-48-46(30-17-5-2-6-18-30)50-47(49-45)51-42-36(38-26-14-25-37-33-21-11-12-28-40(33)52-44(37)38)24-13-27-39(42)41-34-22-9-7-19-31(34)32-20-8-10-23-35(32)43(41)51/h1-28H. The Kier molecular flexibility index (Phi) is 6.18. The highest BCUT2D eigenvalue weighted by molar-refractivity contribution is 6.33. The van der Waals surface area contributed by atoms with E-state index >= 15 is 0 Å². The topological polar surface area (TPSA) is 56.7 Å². The fraction of sp³-hybridized carbons (Fsp3) is 0. The molecule has 3 heterocycles. The Bertz CT molecular complexity index is 3120. The van der Waals surface area contributed by atoms with Gasteiger partial charge in [0.05, 0.1) is 11.0 Å². The molecule has 0 aliphatic heterocycles. The molecule has 242 valence electrons. The minimum Gasteiger partial charge on any atom is -0.455 e. The summed E-state index contributed by atoms with van der Waals surface area (Å²) in [5, 5.41) is 9.15. The number of aromatic nitrogens is 4. The van der Waals surface area contributed by atoms with Crippen LogP contribution in [0.15, 0.2) is 174 Å². The highest BCUT2D eigenvalue weighted by atomic mass is 16.3. The fourth-order valence-electron chi connectivity index (χ4n) is 8.00. The van der Waals surface area contributed by atoms with Gasteiger partial charge in [-0.05, 0) is 22.2 Å². The highest BCUT2D eigenvalue weighted by Crippen LogP contribution is 2.46. The Labute approximate surface area is 298 Å². The molecule has 0 saturated heterocycles. The van der Waals surface area contributed by atoms with Crippen LogP contribution in [-0.2, 0) is 0 Å². The van der Waals surface area contributed by atoms with E-state index in [0.29, 0.717) is 17.6 Å². The lowest BCUT2D eigenvalue weighted by Gasteiger charge is -2.14. The van der Waals surface area contributed by atoms with Gasteiger partial charge in [-0.2, -0.15) is 9.97 Å². The van der Waals surface area contributed by atoms with Crippen LogP contribution in [0.4, 0.5) is 0 Å². The van der Waals surface area contributed by atoms with Crippen molar-refractivity contribution in [3.63, 3.8) is 0 Å². The van der Waals surface area contributed by atoms with Crippen LogP contribution in [0.25, 0.3) is 105 Å². The van der Waals surface area contributed by atoms with Gasteiger partial charge < -0.3 is 4.42 Å². The summed E-state index contributed by atoms with van der Waals surface area (Å²) < 4.78 is 8.93. The van der Waals surface area contributed by atoms with Crippen LogP contribution in [-0.4, -0.2) is 19.5 Å². The Balaban J connectivity index is 1.36. The molecule has 0 spiro atoms. The van der Waals surface area contributed by atoms with E-state index < -0.39 is 0 Å². The molecule has 5 nitrogen and oxygen atoms in total. The normalized spacial score (nSPS) is 11.8. The predicted molar refractivity (Wildman–Crippen MR) is 213 cm³/mol. The molecule has 0 bridgehead atoms. The molecule has 52 heavy (non-hydrogen) atoms. The maximum absolute atomic E-state index is 6.65. The van der Waals surface area contributed by atoms with Gasteiger partial charge in [-0.3, -0.25) is 4.57 Å². The van der Waals surface area contributed by atoms with Gasteiger partial charge in [0.2, 0.25) is 5.95 Å². The third-order valence-electron chi connectivity index (χ3n) is 10.2. The van der Waals surface area contributed by atoms with Gasteiger partial charge in [0.1, 0.15) is 11.2 Å². The van der Waals surface area contributed by atoms with Gasteiger partial charge >= 0.3 is 0 Å². The zero-order chi connectivity index (χ0) is 34.2. The summed E-state index contributed by atoms with van der Waals surface area (Å²) in [5.41, 5.74) is 7.68. The van der Waals surface area contributed by atoms with Crippen LogP contribution in [0.1, 0.15) is 0 Å². The van der Waals surface area contributed by atoms with Crippen molar-refractivity contribution in [1.82, 2.24) is 19.5 Å². The summed E-state index contributed by atoms with van der Waals surface area (Å²) in [4.78, 5) is 15.7. The van der Waals surface area contributed by atoms with Gasteiger partial charge in [0.15, 0.2) is 11.6 Å². The Morgan fingerprint density at radius 2 is 0.885 bits per heavy atom. The van der Waals surface area contributed by atoms with Crippen molar-refractivity contribution in [3.8, 4) is 39.9 Å². The van der Waals surface area contributed by atoms with Crippen LogP contribution in [0.3, 0.4) is 0 Å². The summed E-state index contributed by atoms with van der Waals surface area (Å²) in [6.45, 7) is 0. The van der Waals surface area contributed by atoms with E-state index in [-0.39, 0.29) is 0 Å². The number of hydrogen-bond donors (Lipinski definition) is 0. The average Bonchev–Trinajstić information content (AvgIpc) is 3.78. The van der Waals surface area contributed by atoms with Crippen LogP contribution < -0.4 is 0 Å². The first kappa shape index (κ1) is 28.7. The average molecular weight is 665 g/mol. The molecule has 5 heteroatoms. The fourth-order valence-corrected chi connectivity index (χ4v) is 8.00. The molecule has 0 fully saturated rings. The molecule has 0 aliphatic rings. The molecule has 0 unspecified atom stereocenters. The molecule has 0 saturated carbocycles. The quantitative estimate of drug-likeness (QED) is 0.176. The van der Waals surface area contributed by atoms with Crippen molar-refractivity contribution in [2.24, 2.45) is 0 Å². The molecule has 11 rings (SSSR count). The molecule has 0 amide bonds. The maximum atomic E-state index is 6.65. The number of rotatable bonds is 4. The van der Waals surface area contributed by atoms with Gasteiger partial charge in [0, 0.05) is 49.2 Å². The summed E-state index contributed by atoms with van der Waals surface area (Å²) in [7, 11) is 0. The molecule has 0 atom stereocenters. The molecular weight excluding hydrogens is 637 g/mol. The Hall–Kier alpha value is -7.11. The van der Waals surface area contributed by atoms with Gasteiger partial charge in [-0.15, -0.1) is 0 Å². The van der Waals surface area contributed by atoms with E-state index in [4.69, 9.17) is 19.4 Å². The number of furan rings is 1. The van der Waals surface area contributed by atoms with E-state index in [1.54, 1.807) is 0 Å². The lowest BCUT2D eigenvalue weighted by molar-refractivity contribution is 0.670. The molecule has 3 aromatic heterocycles. The van der Waals surface area contributed by atoms with Crippen LogP contribution in [0.2, 0.25) is 0 Å². The van der Waals surface area contributed by atoms with Crippen molar-refractivity contribution < 1.29 is 4.42 Å². The lowest BCUT2D eigenvalue weighted by Crippen LogP contribution is -2.07. The van der Waals surface area contributed by atoms with E-state index in [1.165, 1.54) is 16.2 Å². The van der Waals surface area contributed by atoms with Gasteiger partial charge in [-0.1, -0.05) is 164 Å². The Morgan fingerprint density at radius 1 is 0.365 bits per heavy atom. The summed E-state index contributed by atoms with van der Waals surface area (Å²) in [6.07, 6.45) is 0. The second kappa shape index (κ2) is 11.2.